The molecular formula is C21H40NO2+. The van der Waals surface area contributed by atoms with E-state index in [1.165, 1.54) is 64.9 Å². The van der Waals surface area contributed by atoms with Crippen molar-refractivity contribution in [2.75, 3.05) is 26.7 Å². The minimum Gasteiger partial charge on any atom is -0.423 e. The van der Waals surface area contributed by atoms with E-state index < -0.39 is 0 Å². The summed E-state index contributed by atoms with van der Waals surface area (Å²) in [5, 5.41) is 0. The van der Waals surface area contributed by atoms with Crippen molar-refractivity contribution in [1.29, 1.82) is 0 Å². The quantitative estimate of drug-likeness (QED) is 0.200. The molecule has 0 aromatic carbocycles. The number of hydrogen-bond acceptors (Lipinski definition) is 2. The fourth-order valence-corrected chi connectivity index (χ4v) is 3.15. The topological polar surface area (TPSA) is 26.3 Å². The number of hydrogen-bond donors (Lipinski definition) is 0. The van der Waals surface area contributed by atoms with E-state index in [4.69, 9.17) is 4.74 Å². The van der Waals surface area contributed by atoms with Crippen LogP contribution in [0.3, 0.4) is 0 Å². The standard InChI is InChI=1S/C21H40NO2/c1-5-8-10-11-12-13-14-15-16-17-20-22(18-7-3,19-9-6-2)21(23)24-4/h6-7,9H,3,5,8,10-20H2,1-2,4H3/q+1. The number of carbonyl (C=O) groups excluding carboxylic acids is 1. The highest BCUT2D eigenvalue weighted by Crippen LogP contribution is 2.16. The molecule has 3 nitrogen and oxygen atoms in total. The summed E-state index contributed by atoms with van der Waals surface area (Å²) < 4.78 is 5.39. The lowest BCUT2D eigenvalue weighted by molar-refractivity contribution is -0.846. The first kappa shape index (κ1) is 22.9. The van der Waals surface area contributed by atoms with Crippen LogP contribution < -0.4 is 0 Å². The highest BCUT2D eigenvalue weighted by Gasteiger charge is 2.35. The van der Waals surface area contributed by atoms with Crippen molar-refractivity contribution in [2.24, 2.45) is 0 Å². The van der Waals surface area contributed by atoms with E-state index in [1.54, 1.807) is 0 Å². The molecule has 0 aliphatic rings. The van der Waals surface area contributed by atoms with Crippen molar-refractivity contribution in [3.8, 4) is 0 Å². The van der Waals surface area contributed by atoms with Crippen LogP contribution in [0.2, 0.25) is 0 Å². The average molecular weight is 339 g/mol. The van der Waals surface area contributed by atoms with Crippen molar-refractivity contribution in [3.05, 3.63) is 24.8 Å². The van der Waals surface area contributed by atoms with Gasteiger partial charge in [-0.1, -0.05) is 70.9 Å². The molecule has 0 N–H and O–H groups in total. The number of carbonyl (C=O) groups is 1. The van der Waals surface area contributed by atoms with E-state index in [-0.39, 0.29) is 6.09 Å². The summed E-state index contributed by atoms with van der Waals surface area (Å²) in [6, 6.07) is 0. The molecule has 0 saturated heterocycles. The van der Waals surface area contributed by atoms with E-state index in [0.29, 0.717) is 17.6 Å². The number of rotatable bonds is 15. The molecule has 0 aromatic rings. The van der Waals surface area contributed by atoms with Gasteiger partial charge in [0.25, 0.3) is 0 Å². The van der Waals surface area contributed by atoms with E-state index in [0.717, 1.165) is 13.0 Å². The number of unbranched alkanes of at least 4 members (excludes halogenated alkanes) is 9. The molecule has 0 aromatic heterocycles. The number of nitrogens with zero attached hydrogens (tertiary/aromatic N) is 1. The van der Waals surface area contributed by atoms with Gasteiger partial charge in [-0.15, -0.1) is 0 Å². The maximum Gasteiger partial charge on any atom is 0.516 e. The zero-order valence-electron chi connectivity index (χ0n) is 16.4. The van der Waals surface area contributed by atoms with Gasteiger partial charge >= 0.3 is 6.09 Å². The van der Waals surface area contributed by atoms with E-state index in [9.17, 15) is 4.79 Å². The van der Waals surface area contributed by atoms with Gasteiger partial charge in [0, 0.05) is 0 Å². The fourth-order valence-electron chi connectivity index (χ4n) is 3.15. The third-order valence-electron chi connectivity index (χ3n) is 4.67. The van der Waals surface area contributed by atoms with Crippen LogP contribution >= 0.6 is 0 Å². The van der Waals surface area contributed by atoms with Crippen molar-refractivity contribution < 1.29 is 14.0 Å². The number of amides is 1. The zero-order valence-corrected chi connectivity index (χ0v) is 16.4. The van der Waals surface area contributed by atoms with Crippen molar-refractivity contribution in [3.63, 3.8) is 0 Å². The molecule has 24 heavy (non-hydrogen) atoms. The van der Waals surface area contributed by atoms with E-state index in [1.807, 2.05) is 19.1 Å². The minimum absolute atomic E-state index is 0.149. The smallest absolute Gasteiger partial charge is 0.423 e. The minimum atomic E-state index is -0.149. The van der Waals surface area contributed by atoms with Gasteiger partial charge in [-0.05, 0) is 31.9 Å². The highest BCUT2D eigenvalue weighted by atomic mass is 16.5. The van der Waals surface area contributed by atoms with Gasteiger partial charge in [0.15, 0.2) is 0 Å². The van der Waals surface area contributed by atoms with Gasteiger partial charge in [-0.3, -0.25) is 0 Å². The van der Waals surface area contributed by atoms with Crippen molar-refractivity contribution in [1.82, 2.24) is 0 Å². The average Bonchev–Trinajstić information content (AvgIpc) is 2.60. The van der Waals surface area contributed by atoms with Gasteiger partial charge in [0.1, 0.15) is 13.1 Å². The van der Waals surface area contributed by atoms with Gasteiger partial charge in [0.05, 0.1) is 13.7 Å². The molecule has 0 saturated carbocycles. The first-order chi connectivity index (χ1) is 11.7. The van der Waals surface area contributed by atoms with E-state index in [2.05, 4.69) is 19.6 Å². The third kappa shape index (κ3) is 9.92. The Morgan fingerprint density at radius 3 is 1.96 bits per heavy atom. The molecule has 0 fully saturated rings. The summed E-state index contributed by atoms with van der Waals surface area (Å²) in [5.74, 6) is 0. The normalized spacial score (nSPS) is 13.8. The highest BCUT2D eigenvalue weighted by molar-refractivity contribution is 5.59. The molecule has 0 rings (SSSR count). The second-order valence-electron chi connectivity index (χ2n) is 6.74. The van der Waals surface area contributed by atoms with Crippen LogP contribution in [-0.4, -0.2) is 37.3 Å². The molecule has 3 heteroatoms. The van der Waals surface area contributed by atoms with E-state index >= 15 is 0 Å². The molecule has 1 unspecified atom stereocenters. The van der Waals surface area contributed by atoms with Gasteiger partial charge in [0.2, 0.25) is 0 Å². The molecule has 1 atom stereocenters. The van der Waals surface area contributed by atoms with Crippen LogP contribution in [-0.2, 0) is 4.74 Å². The monoisotopic (exact) mass is 338 g/mol. The summed E-state index contributed by atoms with van der Waals surface area (Å²) in [6.45, 7) is 10.2. The maximum atomic E-state index is 12.3. The Kier molecular flexibility index (Phi) is 14.7. The summed E-state index contributed by atoms with van der Waals surface area (Å²) in [7, 11) is 1.48. The molecule has 0 aliphatic carbocycles. The Hall–Kier alpha value is -1.09. The molecule has 0 aliphatic heterocycles. The van der Waals surface area contributed by atoms with Crippen LogP contribution in [0.1, 0.15) is 78.1 Å². The second kappa shape index (κ2) is 15.4. The molecule has 0 spiro atoms. The largest absolute Gasteiger partial charge is 0.516 e. The van der Waals surface area contributed by atoms with Gasteiger partial charge in [-0.25, -0.2) is 4.48 Å². The lowest BCUT2D eigenvalue weighted by atomic mass is 10.1. The van der Waals surface area contributed by atoms with Crippen LogP contribution in [0, 0.1) is 0 Å². The Morgan fingerprint density at radius 2 is 1.50 bits per heavy atom. The fraction of sp³-hybridized carbons (Fsp3) is 0.762. The molecule has 140 valence electrons. The number of methoxy groups -OCH3 is 1. The summed E-state index contributed by atoms with van der Waals surface area (Å²) in [4.78, 5) is 12.3. The Balaban J connectivity index is 4.09. The first-order valence-electron chi connectivity index (χ1n) is 9.83. The number of ether oxygens (including phenoxy) is 1. The lowest BCUT2D eigenvalue weighted by Crippen LogP contribution is -2.53. The maximum absolute atomic E-state index is 12.3. The lowest BCUT2D eigenvalue weighted by Gasteiger charge is -2.32. The van der Waals surface area contributed by atoms with Crippen LogP contribution in [0.15, 0.2) is 24.8 Å². The molecule has 0 radical (unpaired) electrons. The van der Waals surface area contributed by atoms with Gasteiger partial charge < -0.3 is 4.74 Å². The molecule has 1 amide bonds. The first-order valence-corrected chi connectivity index (χ1v) is 9.83. The van der Waals surface area contributed by atoms with Crippen molar-refractivity contribution >= 4 is 6.09 Å². The predicted molar refractivity (Wildman–Crippen MR) is 104 cm³/mol. The third-order valence-corrected chi connectivity index (χ3v) is 4.67. The Labute approximate surface area is 150 Å². The molecule has 0 bridgehead atoms. The number of quaternary nitrogens is 1. The van der Waals surface area contributed by atoms with Crippen LogP contribution in [0.5, 0.6) is 0 Å². The number of allylic oxidation sites excluding steroid dienone is 1. The summed E-state index contributed by atoms with van der Waals surface area (Å²) in [5.41, 5.74) is 0. The van der Waals surface area contributed by atoms with Crippen LogP contribution in [0.25, 0.3) is 0 Å². The predicted octanol–water partition coefficient (Wildman–Crippen LogP) is 6.25. The molecule has 0 heterocycles. The Morgan fingerprint density at radius 1 is 0.958 bits per heavy atom. The van der Waals surface area contributed by atoms with Crippen LogP contribution in [0.4, 0.5) is 4.79 Å². The molecular weight excluding hydrogens is 298 g/mol. The summed E-state index contributed by atoms with van der Waals surface area (Å²) >= 11 is 0. The SMILES string of the molecule is C=CC[N+](CC=CC)(CCCCCCCCCCCC)C(=O)OC. The second-order valence-corrected chi connectivity index (χ2v) is 6.74. The Bertz CT molecular complexity index is 352. The van der Waals surface area contributed by atoms with Gasteiger partial charge in [-0.2, -0.15) is 4.79 Å². The summed E-state index contributed by atoms with van der Waals surface area (Å²) in [6.07, 6.45) is 18.8. The zero-order chi connectivity index (χ0) is 18.1. The van der Waals surface area contributed by atoms with Crippen molar-refractivity contribution in [2.45, 2.75) is 78.1 Å².